The monoisotopic (exact) mass is 117 g/mol. The van der Waals surface area contributed by atoms with Crippen molar-refractivity contribution in [3.63, 3.8) is 0 Å². The van der Waals surface area contributed by atoms with E-state index in [1.807, 2.05) is 19.1 Å². The number of nitrogens with zero attached hydrogens (tertiary/aromatic N) is 1. The van der Waals surface area contributed by atoms with Gasteiger partial charge in [0.15, 0.2) is 0 Å². The van der Waals surface area contributed by atoms with Gasteiger partial charge in [0.1, 0.15) is 0 Å². The van der Waals surface area contributed by atoms with Crippen molar-refractivity contribution in [2.45, 2.75) is 6.92 Å². The van der Waals surface area contributed by atoms with Crippen LogP contribution in [0.1, 0.15) is 6.92 Å². The van der Waals surface area contributed by atoms with Crippen LogP contribution in [0.3, 0.4) is 0 Å². The smallest absolute Gasteiger partial charge is 0.0617 e. The number of hydrazine groups is 1. The van der Waals surface area contributed by atoms with E-state index in [0.29, 0.717) is 0 Å². The zero-order valence-corrected chi connectivity index (χ0v) is 5.86. The largest absolute Gasteiger partial charge is 0.304 e. The molecule has 0 aliphatic carbocycles. The Labute approximate surface area is 51.0 Å². The molecule has 0 amide bonds. The Morgan fingerprint density at radius 2 is 2.12 bits per heavy atom. The number of hydrogen-bond acceptors (Lipinski definition) is 3. The first-order valence-corrected chi connectivity index (χ1v) is 2.90. The first-order valence-electron chi connectivity index (χ1n) is 2.90. The standard InChI is InChI=1S/C5H15N3/c1-4-7-5-8(3)6-2/h6-7H,4-5H2,1-3H3. The minimum absolute atomic E-state index is 0.896. The van der Waals surface area contributed by atoms with Gasteiger partial charge in [0.2, 0.25) is 0 Å². The summed E-state index contributed by atoms with van der Waals surface area (Å²) in [5, 5.41) is 5.14. The molecule has 3 heteroatoms. The molecule has 0 saturated carbocycles. The Bertz CT molecular complexity index is 46.9. The van der Waals surface area contributed by atoms with Crippen molar-refractivity contribution >= 4 is 0 Å². The second-order valence-electron chi connectivity index (χ2n) is 1.68. The lowest BCUT2D eigenvalue weighted by molar-refractivity contribution is 0.241. The Hall–Kier alpha value is -0.120. The molecular formula is C5H15N3. The second-order valence-corrected chi connectivity index (χ2v) is 1.68. The highest BCUT2D eigenvalue weighted by atomic mass is 15.5. The molecule has 0 aliphatic heterocycles. The first kappa shape index (κ1) is 7.88. The normalized spacial score (nSPS) is 10.5. The molecule has 0 fully saturated rings. The third-order valence-electron chi connectivity index (χ3n) is 0.981. The van der Waals surface area contributed by atoms with Crippen molar-refractivity contribution in [3.8, 4) is 0 Å². The van der Waals surface area contributed by atoms with Crippen LogP contribution < -0.4 is 10.7 Å². The summed E-state index contributed by atoms with van der Waals surface area (Å²) >= 11 is 0. The van der Waals surface area contributed by atoms with Gasteiger partial charge in [-0.25, -0.2) is 5.01 Å². The van der Waals surface area contributed by atoms with Gasteiger partial charge in [-0.3, -0.25) is 5.43 Å². The van der Waals surface area contributed by atoms with Gasteiger partial charge in [0.05, 0.1) is 6.67 Å². The van der Waals surface area contributed by atoms with E-state index >= 15 is 0 Å². The molecule has 2 N–H and O–H groups in total. The van der Waals surface area contributed by atoms with Crippen molar-refractivity contribution in [2.75, 3.05) is 27.3 Å². The maximum Gasteiger partial charge on any atom is 0.0617 e. The molecule has 50 valence electrons. The summed E-state index contributed by atoms with van der Waals surface area (Å²) in [6.45, 7) is 4.00. The molecule has 0 saturated heterocycles. The van der Waals surface area contributed by atoms with Gasteiger partial charge in [-0.15, -0.1) is 0 Å². The Balaban J connectivity index is 2.86. The van der Waals surface area contributed by atoms with E-state index in [0.717, 1.165) is 13.2 Å². The van der Waals surface area contributed by atoms with Crippen LogP contribution in [0.5, 0.6) is 0 Å². The lowest BCUT2D eigenvalue weighted by atomic mass is 10.7. The van der Waals surface area contributed by atoms with Crippen molar-refractivity contribution in [1.29, 1.82) is 0 Å². The molecule has 0 aromatic rings. The second kappa shape index (κ2) is 5.03. The summed E-state index contributed by atoms with van der Waals surface area (Å²) in [6, 6.07) is 0. The lowest BCUT2D eigenvalue weighted by Crippen LogP contribution is -2.38. The van der Waals surface area contributed by atoms with Gasteiger partial charge in [-0.2, -0.15) is 0 Å². The molecule has 0 bridgehead atoms. The quantitative estimate of drug-likeness (QED) is 0.388. The molecule has 0 spiro atoms. The summed E-state index contributed by atoms with van der Waals surface area (Å²) in [5.41, 5.74) is 2.97. The van der Waals surface area contributed by atoms with Gasteiger partial charge in [-0.1, -0.05) is 6.92 Å². The molecular weight excluding hydrogens is 102 g/mol. The van der Waals surface area contributed by atoms with Crippen molar-refractivity contribution in [3.05, 3.63) is 0 Å². The average molecular weight is 117 g/mol. The van der Waals surface area contributed by atoms with Gasteiger partial charge in [0.25, 0.3) is 0 Å². The number of rotatable bonds is 4. The minimum atomic E-state index is 0.896. The van der Waals surface area contributed by atoms with E-state index in [9.17, 15) is 0 Å². The number of nitrogens with one attached hydrogen (secondary N) is 2. The zero-order valence-electron chi connectivity index (χ0n) is 5.86. The van der Waals surface area contributed by atoms with Crippen LogP contribution in [-0.4, -0.2) is 32.3 Å². The highest BCUT2D eigenvalue weighted by Gasteiger charge is 1.86. The molecule has 0 aromatic carbocycles. The molecule has 0 unspecified atom stereocenters. The van der Waals surface area contributed by atoms with E-state index in [4.69, 9.17) is 0 Å². The third kappa shape index (κ3) is 4.05. The van der Waals surface area contributed by atoms with Gasteiger partial charge < -0.3 is 5.32 Å². The van der Waals surface area contributed by atoms with Crippen LogP contribution in [0, 0.1) is 0 Å². The fraction of sp³-hybridized carbons (Fsp3) is 1.00. The van der Waals surface area contributed by atoms with E-state index < -0.39 is 0 Å². The van der Waals surface area contributed by atoms with Crippen LogP contribution in [0.2, 0.25) is 0 Å². The molecule has 0 aromatic heterocycles. The molecule has 0 rings (SSSR count). The lowest BCUT2D eigenvalue weighted by Gasteiger charge is -2.13. The van der Waals surface area contributed by atoms with Gasteiger partial charge >= 0.3 is 0 Å². The predicted molar refractivity (Wildman–Crippen MR) is 35.4 cm³/mol. The minimum Gasteiger partial charge on any atom is -0.304 e. The Morgan fingerprint density at radius 3 is 2.50 bits per heavy atom. The average Bonchev–Trinajstić information content (AvgIpc) is 1.83. The number of hydrogen-bond donors (Lipinski definition) is 2. The van der Waals surface area contributed by atoms with Crippen LogP contribution in [0.25, 0.3) is 0 Å². The summed E-state index contributed by atoms with van der Waals surface area (Å²) in [5.74, 6) is 0. The van der Waals surface area contributed by atoms with E-state index in [1.165, 1.54) is 0 Å². The van der Waals surface area contributed by atoms with Gasteiger partial charge in [-0.05, 0) is 13.6 Å². The maximum atomic E-state index is 3.16. The molecule has 0 atom stereocenters. The topological polar surface area (TPSA) is 27.3 Å². The SMILES string of the molecule is CCNCN(C)NC. The highest BCUT2D eigenvalue weighted by molar-refractivity contribution is 4.36. The molecule has 3 nitrogen and oxygen atoms in total. The molecule has 0 aliphatic rings. The van der Waals surface area contributed by atoms with E-state index in [2.05, 4.69) is 17.7 Å². The fourth-order valence-electron chi connectivity index (χ4n) is 0.359. The Kier molecular flexibility index (Phi) is 4.95. The molecule has 0 heterocycles. The molecule has 8 heavy (non-hydrogen) atoms. The van der Waals surface area contributed by atoms with Gasteiger partial charge in [0, 0.05) is 7.05 Å². The highest BCUT2D eigenvalue weighted by Crippen LogP contribution is 1.64. The summed E-state index contributed by atoms with van der Waals surface area (Å²) in [7, 11) is 3.89. The third-order valence-corrected chi connectivity index (χ3v) is 0.981. The van der Waals surface area contributed by atoms with Crippen molar-refractivity contribution in [2.24, 2.45) is 0 Å². The van der Waals surface area contributed by atoms with Crippen LogP contribution in [0.15, 0.2) is 0 Å². The zero-order chi connectivity index (χ0) is 6.41. The maximum absolute atomic E-state index is 3.16. The van der Waals surface area contributed by atoms with E-state index in [-0.39, 0.29) is 0 Å². The van der Waals surface area contributed by atoms with Crippen LogP contribution >= 0.6 is 0 Å². The van der Waals surface area contributed by atoms with Crippen LogP contribution in [-0.2, 0) is 0 Å². The predicted octanol–water partition coefficient (Wildman–Crippen LogP) is -0.380. The Morgan fingerprint density at radius 1 is 1.50 bits per heavy atom. The van der Waals surface area contributed by atoms with Crippen LogP contribution in [0.4, 0.5) is 0 Å². The summed E-state index contributed by atoms with van der Waals surface area (Å²) < 4.78 is 0. The summed E-state index contributed by atoms with van der Waals surface area (Å²) in [4.78, 5) is 0. The fourth-order valence-corrected chi connectivity index (χ4v) is 0.359. The first-order chi connectivity index (χ1) is 3.81. The van der Waals surface area contributed by atoms with Crippen molar-refractivity contribution < 1.29 is 0 Å². The summed E-state index contributed by atoms with van der Waals surface area (Å²) in [6.07, 6.45) is 0. The van der Waals surface area contributed by atoms with E-state index in [1.54, 1.807) is 0 Å². The molecule has 0 radical (unpaired) electrons. The van der Waals surface area contributed by atoms with Crippen molar-refractivity contribution in [1.82, 2.24) is 15.8 Å².